The van der Waals surface area contributed by atoms with Crippen LogP contribution in [0.15, 0.2) is 75.8 Å². The molecule has 0 fully saturated rings. The summed E-state index contributed by atoms with van der Waals surface area (Å²) < 4.78 is 3.06. The normalized spacial score (nSPS) is 10.6. The molecule has 37 heavy (non-hydrogen) atoms. The average Bonchev–Trinajstić information content (AvgIpc) is 2.86. The molecule has 3 rings (SSSR count). The number of amides is 1. The van der Waals surface area contributed by atoms with Crippen molar-refractivity contribution in [2.24, 2.45) is 10.2 Å². The van der Waals surface area contributed by atoms with Crippen LogP contribution in [0, 0.1) is 26.8 Å². The molecule has 0 aliphatic rings. The quantitative estimate of drug-likeness (QED) is 0.101. The Morgan fingerprint density at radius 3 is 2.30 bits per heavy atom. The van der Waals surface area contributed by atoms with Crippen molar-refractivity contribution in [3.63, 3.8) is 0 Å². The van der Waals surface area contributed by atoms with Crippen LogP contribution in [-0.4, -0.2) is 22.3 Å². The van der Waals surface area contributed by atoms with E-state index in [1.807, 2.05) is 37.3 Å². The molecule has 0 aliphatic carbocycles. The van der Waals surface area contributed by atoms with Gasteiger partial charge in [-0.3, -0.25) is 25.0 Å². The van der Waals surface area contributed by atoms with E-state index in [9.17, 15) is 25.0 Å². The van der Waals surface area contributed by atoms with Crippen molar-refractivity contribution in [3.8, 4) is 0 Å². The molecule has 3 aromatic carbocycles. The summed E-state index contributed by atoms with van der Waals surface area (Å²) in [6, 6.07) is 16.8. The Bertz CT molecular complexity index is 1410. The fourth-order valence-corrected chi connectivity index (χ4v) is 3.92. The number of benzene rings is 3. The lowest BCUT2D eigenvalue weighted by atomic mass is 10.1. The molecule has 0 aliphatic heterocycles. The lowest BCUT2D eigenvalue weighted by Gasteiger charge is -2.24. The van der Waals surface area contributed by atoms with Crippen molar-refractivity contribution >= 4 is 52.0 Å². The van der Waals surface area contributed by atoms with Crippen molar-refractivity contribution in [1.82, 2.24) is 0 Å². The van der Waals surface area contributed by atoms with E-state index in [1.54, 1.807) is 18.2 Å². The van der Waals surface area contributed by atoms with E-state index in [0.29, 0.717) is 30.7 Å². The zero-order chi connectivity index (χ0) is 26.9. The minimum Gasteiger partial charge on any atom is -0.367 e. The van der Waals surface area contributed by atoms with Gasteiger partial charge in [0.05, 0.1) is 21.6 Å². The molecule has 0 bridgehead atoms. The van der Waals surface area contributed by atoms with Gasteiger partial charge in [-0.25, -0.2) is 10.8 Å². The topological polar surface area (TPSA) is 148 Å². The highest BCUT2D eigenvalue weighted by Gasteiger charge is 2.27. The first-order valence-corrected chi connectivity index (χ1v) is 11.6. The Morgan fingerprint density at radius 2 is 1.70 bits per heavy atom. The van der Waals surface area contributed by atoms with E-state index in [4.69, 9.17) is 6.57 Å². The van der Waals surface area contributed by atoms with E-state index in [0.717, 1.165) is 23.4 Å². The molecule has 0 heterocycles. The monoisotopic (exact) mass is 519 g/mol. The van der Waals surface area contributed by atoms with Crippen LogP contribution in [0.2, 0.25) is 0 Å². The summed E-state index contributed by atoms with van der Waals surface area (Å²) >= 11 is 0.470. The molecule has 0 unspecified atom stereocenters. The highest BCUT2D eigenvalue weighted by molar-refractivity contribution is 8.01. The zero-order valence-electron chi connectivity index (χ0n) is 19.8. The van der Waals surface area contributed by atoms with Crippen molar-refractivity contribution in [3.05, 3.63) is 97.3 Å². The summed E-state index contributed by atoms with van der Waals surface area (Å²) in [6.45, 7) is 11.6. The molecule has 0 saturated carbocycles. The predicted molar refractivity (Wildman–Crippen MR) is 140 cm³/mol. The minimum absolute atomic E-state index is 0.100. The Balaban J connectivity index is 2.03. The van der Waals surface area contributed by atoms with Crippen LogP contribution in [0.1, 0.15) is 19.4 Å². The lowest BCUT2D eigenvalue weighted by Crippen LogP contribution is -2.22. The molecule has 0 spiro atoms. The number of hydrogen-bond donors (Lipinski definition) is 1. The maximum absolute atomic E-state index is 11.9. The molecular weight excluding hydrogens is 498 g/mol. The van der Waals surface area contributed by atoms with Crippen LogP contribution >= 0.6 is 11.9 Å². The molecule has 1 amide bonds. The molecule has 0 saturated heterocycles. The maximum Gasteiger partial charge on any atom is 0.303 e. The molecule has 1 N–H and O–H groups in total. The number of hydrogen-bond acceptors (Lipinski definition) is 9. The number of nitro groups is 2. The second-order valence-corrected chi connectivity index (χ2v) is 8.39. The van der Waals surface area contributed by atoms with Gasteiger partial charge in [0.2, 0.25) is 5.91 Å². The number of nitro benzene ring substituents is 2. The number of anilines is 2. The third-order valence-electron chi connectivity index (χ3n) is 5.11. The summed E-state index contributed by atoms with van der Waals surface area (Å²) in [5, 5.41) is 33.6. The standard InChI is InChI=1S/C24H21N7O5S/c1-4-29(15-17-8-6-5-7-9-17)18-10-11-19(20(12-18)26-16(2)32)27-28-21-13-24(37-25-3)23(31(35)36)14-22(21)30(33)34/h5-14H,4,15H2,1-2H3,(H,26,32). The smallest absolute Gasteiger partial charge is 0.303 e. The molecule has 188 valence electrons. The SMILES string of the molecule is [C-]#[N+]Sc1cc(N=Nc2ccc(N(CC)Cc3ccccc3)cc2NC(C)=O)c([N+](=O)[O-])cc1[N+](=O)[O-]. The predicted octanol–water partition coefficient (Wildman–Crippen LogP) is 6.83. The van der Waals surface area contributed by atoms with Crippen LogP contribution in [0.3, 0.4) is 0 Å². The van der Waals surface area contributed by atoms with Crippen molar-refractivity contribution in [2.75, 3.05) is 16.8 Å². The van der Waals surface area contributed by atoms with Crippen molar-refractivity contribution in [2.45, 2.75) is 25.3 Å². The number of carbonyl (C=O) groups is 1. The van der Waals surface area contributed by atoms with Gasteiger partial charge in [0.15, 0.2) is 10.6 Å². The molecule has 13 heteroatoms. The fourth-order valence-electron chi connectivity index (χ4n) is 3.43. The Hall–Kier alpha value is -4.83. The Kier molecular flexibility index (Phi) is 8.85. The summed E-state index contributed by atoms with van der Waals surface area (Å²) in [5.74, 6) is -0.350. The summed E-state index contributed by atoms with van der Waals surface area (Å²) in [4.78, 5) is 35.1. The highest BCUT2D eigenvalue weighted by Crippen LogP contribution is 2.41. The lowest BCUT2D eigenvalue weighted by molar-refractivity contribution is -0.395. The Morgan fingerprint density at radius 1 is 1.03 bits per heavy atom. The molecule has 12 nitrogen and oxygen atoms in total. The van der Waals surface area contributed by atoms with Gasteiger partial charge in [-0.1, -0.05) is 30.3 Å². The van der Waals surface area contributed by atoms with Crippen LogP contribution in [0.25, 0.3) is 4.25 Å². The first-order chi connectivity index (χ1) is 17.7. The van der Waals surface area contributed by atoms with Crippen LogP contribution in [0.4, 0.5) is 34.1 Å². The molecule has 0 radical (unpaired) electrons. The van der Waals surface area contributed by atoms with Gasteiger partial charge < -0.3 is 10.2 Å². The molecule has 0 aromatic heterocycles. The largest absolute Gasteiger partial charge is 0.367 e. The first kappa shape index (κ1) is 26.8. The second-order valence-electron chi connectivity index (χ2n) is 7.59. The average molecular weight is 520 g/mol. The van der Waals surface area contributed by atoms with E-state index < -0.39 is 21.2 Å². The van der Waals surface area contributed by atoms with Gasteiger partial charge in [0.25, 0.3) is 5.69 Å². The number of nitrogens with zero attached hydrogens (tertiary/aromatic N) is 6. The summed E-state index contributed by atoms with van der Waals surface area (Å²) in [7, 11) is 0. The van der Waals surface area contributed by atoms with Crippen molar-refractivity contribution in [1.29, 1.82) is 0 Å². The van der Waals surface area contributed by atoms with Crippen LogP contribution in [0.5, 0.6) is 0 Å². The minimum atomic E-state index is -0.811. The van der Waals surface area contributed by atoms with Gasteiger partial charge in [-0.05, 0) is 30.7 Å². The zero-order valence-corrected chi connectivity index (χ0v) is 20.6. The van der Waals surface area contributed by atoms with Gasteiger partial charge in [0, 0.05) is 31.8 Å². The molecule has 3 aromatic rings. The van der Waals surface area contributed by atoms with Gasteiger partial charge in [0.1, 0.15) is 5.69 Å². The number of rotatable bonds is 10. The number of carbonyl (C=O) groups excluding carboxylic acids is 1. The molecule has 0 atom stereocenters. The van der Waals surface area contributed by atoms with E-state index in [2.05, 4.69) is 24.7 Å². The second kappa shape index (κ2) is 12.2. The molecular formula is C24H21N7O5S. The van der Waals surface area contributed by atoms with Crippen LogP contribution in [-0.2, 0) is 11.3 Å². The van der Waals surface area contributed by atoms with E-state index in [1.165, 1.54) is 6.92 Å². The highest BCUT2D eigenvalue weighted by atomic mass is 32.2. The van der Waals surface area contributed by atoms with Gasteiger partial charge in [-0.2, -0.15) is 0 Å². The third-order valence-corrected chi connectivity index (χ3v) is 5.73. The number of azo groups is 1. The fraction of sp³-hybridized carbons (Fsp3) is 0.167. The first-order valence-electron chi connectivity index (χ1n) is 10.9. The summed E-state index contributed by atoms with van der Waals surface area (Å²) in [6.07, 6.45) is 0. The van der Waals surface area contributed by atoms with Crippen LogP contribution < -0.4 is 10.2 Å². The van der Waals surface area contributed by atoms with Crippen molar-refractivity contribution < 1.29 is 14.6 Å². The van der Waals surface area contributed by atoms with Gasteiger partial charge in [-0.15, -0.1) is 10.2 Å². The summed E-state index contributed by atoms with van der Waals surface area (Å²) in [5.41, 5.74) is 0.996. The van der Waals surface area contributed by atoms with E-state index in [-0.39, 0.29) is 22.2 Å². The maximum atomic E-state index is 11.9. The van der Waals surface area contributed by atoms with Gasteiger partial charge >= 0.3 is 17.6 Å². The Labute approximate surface area is 216 Å². The number of nitrogens with one attached hydrogen (secondary N) is 1. The third kappa shape index (κ3) is 6.86. The van der Waals surface area contributed by atoms with E-state index >= 15 is 0 Å².